The monoisotopic (exact) mass is 317 g/mol. The van der Waals surface area contributed by atoms with Crippen LogP contribution in [-0.2, 0) is 15.9 Å². The second kappa shape index (κ2) is 9.44. The largest absolute Gasteiger partial charge is 0.489 e. The quantitative estimate of drug-likeness (QED) is 0.388. The van der Waals surface area contributed by atoms with Gasteiger partial charge in [-0.25, -0.2) is 4.79 Å². The molecule has 0 radical (unpaired) electrons. The maximum absolute atomic E-state index is 11.1. The number of hydrogen-bond donors (Lipinski definition) is 2. The Morgan fingerprint density at radius 1 is 1.29 bits per heavy atom. The molecule has 6 nitrogen and oxygen atoms in total. The molecule has 0 heterocycles. The van der Waals surface area contributed by atoms with E-state index in [2.05, 4.69) is 0 Å². The lowest BCUT2D eigenvalue weighted by Gasteiger charge is -2.15. The molecule has 7 heteroatoms. The molecular weight excluding hydrogens is 298 g/mol. The molecule has 118 valence electrons. The third-order valence-electron chi connectivity index (χ3n) is 2.78. The van der Waals surface area contributed by atoms with Crippen LogP contribution >= 0.6 is 11.6 Å². The number of benzene rings is 1. The first kappa shape index (κ1) is 17.6. The summed E-state index contributed by atoms with van der Waals surface area (Å²) in [5, 5.41) is 9.08. The van der Waals surface area contributed by atoms with Gasteiger partial charge in [0.2, 0.25) is 0 Å². The first-order valence-corrected chi connectivity index (χ1v) is 7.05. The highest BCUT2D eigenvalue weighted by Gasteiger charge is 2.16. The van der Waals surface area contributed by atoms with E-state index in [0.29, 0.717) is 37.9 Å². The molecule has 0 bridgehead atoms. The van der Waals surface area contributed by atoms with Gasteiger partial charge in [-0.1, -0.05) is 6.07 Å². The van der Waals surface area contributed by atoms with Crippen LogP contribution in [0.2, 0.25) is 0 Å². The van der Waals surface area contributed by atoms with Crippen molar-refractivity contribution >= 4 is 23.3 Å². The lowest BCUT2D eigenvalue weighted by atomic mass is 10.1. The molecule has 0 aliphatic rings. The van der Waals surface area contributed by atoms with Gasteiger partial charge in [0, 0.05) is 13.0 Å². The topological polar surface area (TPSA) is 91.0 Å². The number of carboxylic acids is 1. The van der Waals surface area contributed by atoms with Crippen LogP contribution in [-0.4, -0.2) is 50.5 Å². The van der Waals surface area contributed by atoms with Crippen LogP contribution in [0.1, 0.15) is 15.9 Å². The van der Waals surface area contributed by atoms with Gasteiger partial charge in [0.1, 0.15) is 12.4 Å². The second-order valence-corrected chi connectivity index (χ2v) is 4.59. The summed E-state index contributed by atoms with van der Waals surface area (Å²) < 4.78 is 15.7. The molecule has 1 aromatic rings. The number of rotatable bonds is 10. The summed E-state index contributed by atoms with van der Waals surface area (Å²) in [5.41, 5.74) is 6.78. The van der Waals surface area contributed by atoms with Gasteiger partial charge in [-0.05, 0) is 18.1 Å². The van der Waals surface area contributed by atoms with Crippen molar-refractivity contribution in [1.29, 1.82) is 0 Å². The fraction of sp³-hybridized carbons (Fsp3) is 0.500. The number of nitrogen functional groups attached to an aromatic ring is 1. The molecule has 21 heavy (non-hydrogen) atoms. The average molecular weight is 318 g/mol. The maximum atomic E-state index is 11.1. The van der Waals surface area contributed by atoms with Crippen LogP contribution in [0.3, 0.4) is 0 Å². The number of aromatic carboxylic acids is 1. The van der Waals surface area contributed by atoms with Gasteiger partial charge in [0.25, 0.3) is 0 Å². The molecule has 0 atom stereocenters. The summed E-state index contributed by atoms with van der Waals surface area (Å²) in [6.45, 7) is 1.61. The SMILES string of the molecule is COCCOCCOc1c(CCCl)ccc(C(=O)O)c1N. The zero-order valence-corrected chi connectivity index (χ0v) is 12.7. The number of aryl methyl sites for hydroxylation is 1. The fourth-order valence-electron chi connectivity index (χ4n) is 1.75. The first-order chi connectivity index (χ1) is 10.1. The standard InChI is InChI=1S/C14H20ClNO5/c1-19-6-7-20-8-9-21-13-10(4-5-15)2-3-11(12(13)16)14(17)18/h2-3H,4-9,16H2,1H3,(H,17,18). The van der Waals surface area contributed by atoms with E-state index in [1.54, 1.807) is 13.2 Å². The van der Waals surface area contributed by atoms with Crippen LogP contribution in [0.5, 0.6) is 5.75 Å². The molecule has 1 rings (SSSR count). The number of ether oxygens (including phenoxy) is 3. The zero-order chi connectivity index (χ0) is 15.7. The smallest absolute Gasteiger partial charge is 0.337 e. The summed E-state index contributed by atoms with van der Waals surface area (Å²) in [7, 11) is 1.59. The molecule has 0 unspecified atom stereocenters. The van der Waals surface area contributed by atoms with Crippen LogP contribution in [0.25, 0.3) is 0 Å². The van der Waals surface area contributed by atoms with E-state index >= 15 is 0 Å². The Morgan fingerprint density at radius 2 is 2.00 bits per heavy atom. The van der Waals surface area contributed by atoms with Crippen molar-refractivity contribution in [3.63, 3.8) is 0 Å². The number of carbonyl (C=O) groups is 1. The van der Waals surface area contributed by atoms with E-state index in [4.69, 9.17) is 36.7 Å². The summed E-state index contributed by atoms with van der Waals surface area (Å²) in [6.07, 6.45) is 0.547. The summed E-state index contributed by atoms with van der Waals surface area (Å²) in [4.78, 5) is 11.1. The van der Waals surface area contributed by atoms with Crippen LogP contribution in [0.4, 0.5) is 5.69 Å². The Kier molecular flexibility index (Phi) is 7.89. The Bertz CT molecular complexity index is 467. The molecule has 0 saturated carbocycles. The number of alkyl halides is 1. The fourth-order valence-corrected chi connectivity index (χ4v) is 1.95. The van der Waals surface area contributed by atoms with Gasteiger partial charge in [-0.2, -0.15) is 0 Å². The van der Waals surface area contributed by atoms with Crippen molar-refractivity contribution in [2.45, 2.75) is 6.42 Å². The summed E-state index contributed by atoms with van der Waals surface area (Å²) >= 11 is 5.73. The summed E-state index contributed by atoms with van der Waals surface area (Å²) in [6, 6.07) is 3.13. The van der Waals surface area contributed by atoms with Crippen LogP contribution < -0.4 is 10.5 Å². The lowest BCUT2D eigenvalue weighted by molar-refractivity contribution is 0.0543. The highest BCUT2D eigenvalue weighted by atomic mass is 35.5. The van der Waals surface area contributed by atoms with Crippen molar-refractivity contribution < 1.29 is 24.1 Å². The Balaban J connectivity index is 2.72. The second-order valence-electron chi connectivity index (χ2n) is 4.21. The van der Waals surface area contributed by atoms with Crippen molar-refractivity contribution in [1.82, 2.24) is 0 Å². The van der Waals surface area contributed by atoms with Crippen molar-refractivity contribution in [2.24, 2.45) is 0 Å². The van der Waals surface area contributed by atoms with E-state index in [1.165, 1.54) is 6.07 Å². The predicted molar refractivity (Wildman–Crippen MR) is 80.4 cm³/mol. The highest BCUT2D eigenvalue weighted by Crippen LogP contribution is 2.30. The first-order valence-electron chi connectivity index (χ1n) is 6.51. The van der Waals surface area contributed by atoms with Crippen LogP contribution in [0.15, 0.2) is 12.1 Å². The molecular formula is C14H20ClNO5. The number of carboxylic acid groups (broad SMARTS) is 1. The number of anilines is 1. The van der Waals surface area contributed by atoms with Gasteiger partial charge in [0.05, 0.1) is 31.1 Å². The predicted octanol–water partition coefficient (Wildman–Crippen LogP) is 1.79. The Labute approximate surface area is 128 Å². The average Bonchev–Trinajstić information content (AvgIpc) is 2.45. The molecule has 0 fully saturated rings. The van der Waals surface area contributed by atoms with Gasteiger partial charge in [-0.3, -0.25) is 0 Å². The third kappa shape index (κ3) is 5.41. The van der Waals surface area contributed by atoms with Gasteiger partial charge in [-0.15, -0.1) is 11.6 Å². The zero-order valence-electron chi connectivity index (χ0n) is 11.9. The number of halogens is 1. The van der Waals surface area contributed by atoms with Crippen molar-refractivity contribution in [3.05, 3.63) is 23.3 Å². The van der Waals surface area contributed by atoms with E-state index in [9.17, 15) is 4.79 Å². The van der Waals surface area contributed by atoms with E-state index in [1.807, 2.05) is 0 Å². The molecule has 3 N–H and O–H groups in total. The third-order valence-corrected chi connectivity index (χ3v) is 2.97. The minimum atomic E-state index is -1.09. The van der Waals surface area contributed by atoms with Crippen LogP contribution in [0, 0.1) is 0 Å². The molecule has 0 aliphatic heterocycles. The van der Waals surface area contributed by atoms with E-state index in [0.717, 1.165) is 5.56 Å². The number of hydrogen-bond acceptors (Lipinski definition) is 5. The molecule has 1 aromatic carbocycles. The Hall–Kier alpha value is -1.50. The van der Waals surface area contributed by atoms with E-state index < -0.39 is 5.97 Å². The lowest BCUT2D eigenvalue weighted by Crippen LogP contribution is -2.13. The summed E-state index contributed by atoms with van der Waals surface area (Å²) in [5.74, 6) is -0.330. The number of methoxy groups -OCH3 is 1. The molecule has 0 aromatic heterocycles. The minimum Gasteiger partial charge on any atom is -0.489 e. The minimum absolute atomic E-state index is 0.0172. The maximum Gasteiger partial charge on any atom is 0.337 e. The van der Waals surface area contributed by atoms with Crippen molar-refractivity contribution in [2.75, 3.05) is 45.2 Å². The van der Waals surface area contributed by atoms with Gasteiger partial charge in [0.15, 0.2) is 0 Å². The molecule has 0 spiro atoms. The Morgan fingerprint density at radius 3 is 2.62 bits per heavy atom. The van der Waals surface area contributed by atoms with Crippen molar-refractivity contribution in [3.8, 4) is 5.75 Å². The van der Waals surface area contributed by atoms with Gasteiger partial charge >= 0.3 is 5.97 Å². The molecule has 0 amide bonds. The molecule has 0 aliphatic carbocycles. The molecule has 0 saturated heterocycles. The number of nitrogens with two attached hydrogens (primary N) is 1. The normalized spacial score (nSPS) is 10.6. The van der Waals surface area contributed by atoms with E-state index in [-0.39, 0.29) is 17.9 Å². The van der Waals surface area contributed by atoms with Gasteiger partial charge < -0.3 is 25.1 Å². The highest BCUT2D eigenvalue weighted by molar-refractivity contribution is 6.18.